The number of anilines is 1. The number of rotatable bonds is 7. The number of ether oxygens (including phenoxy) is 2. The highest BCUT2D eigenvalue weighted by Crippen LogP contribution is 2.35. The summed E-state index contributed by atoms with van der Waals surface area (Å²) in [6.45, 7) is 4.68. The average Bonchev–Trinajstić information content (AvgIpc) is 2.98. The number of nitrogens with two attached hydrogens (primary N) is 1. The molecular weight excluding hydrogens is 352 g/mol. The number of hydrogen-bond donors (Lipinski definition) is 2. The van der Waals surface area contributed by atoms with Gasteiger partial charge in [-0.2, -0.15) is 0 Å². The number of pyridine rings is 1. The fourth-order valence-electron chi connectivity index (χ4n) is 2.97. The number of amides is 1. The van der Waals surface area contributed by atoms with Gasteiger partial charge in [0.25, 0.3) is 11.6 Å². The Hall–Kier alpha value is -3.36. The minimum absolute atomic E-state index is 0.0480. The van der Waals surface area contributed by atoms with E-state index in [1.54, 1.807) is 0 Å². The number of benzene rings is 1. The molecule has 9 heteroatoms. The molecule has 1 aromatic carbocycles. The maximum atomic E-state index is 11.6. The molecule has 0 fully saturated rings. The first-order valence-corrected chi connectivity index (χ1v) is 8.52. The van der Waals surface area contributed by atoms with Gasteiger partial charge in [-0.15, -0.1) is 0 Å². The number of nitro groups is 1. The van der Waals surface area contributed by atoms with Crippen LogP contribution in [0.1, 0.15) is 35.3 Å². The van der Waals surface area contributed by atoms with E-state index in [0.717, 1.165) is 35.6 Å². The Labute approximate surface area is 155 Å². The molecule has 27 heavy (non-hydrogen) atoms. The molecule has 142 valence electrons. The summed E-state index contributed by atoms with van der Waals surface area (Å²) in [5.74, 6) is 0.883. The Morgan fingerprint density at radius 1 is 1.48 bits per heavy atom. The molecule has 0 bridgehead atoms. The van der Waals surface area contributed by atoms with Gasteiger partial charge in [0.2, 0.25) is 0 Å². The molecule has 1 aromatic heterocycles. The summed E-state index contributed by atoms with van der Waals surface area (Å²) in [6.07, 6.45) is 2.00. The van der Waals surface area contributed by atoms with Crippen LogP contribution >= 0.6 is 0 Å². The summed E-state index contributed by atoms with van der Waals surface area (Å²) in [5, 5.41) is 13.9. The van der Waals surface area contributed by atoms with Gasteiger partial charge >= 0.3 is 0 Å². The Bertz CT molecular complexity index is 900. The Morgan fingerprint density at radius 2 is 2.26 bits per heavy atom. The first-order valence-electron chi connectivity index (χ1n) is 8.52. The lowest BCUT2D eigenvalue weighted by atomic mass is 10.1. The maximum Gasteiger partial charge on any atom is 0.288 e. The van der Waals surface area contributed by atoms with Gasteiger partial charge in [0.1, 0.15) is 29.6 Å². The number of aromatic nitrogens is 1. The SMILES string of the molecule is CCOc1cc2c(cc1CNc1ncc([N+](=O)[O-])cc1C(N)=O)OC(C)C2. The Kier molecular flexibility index (Phi) is 5.11. The number of nitrogens with one attached hydrogen (secondary N) is 1. The Balaban J connectivity index is 1.87. The standard InChI is InChI=1S/C18H20N4O5/c1-3-26-15-5-11-4-10(2)27-16(11)6-12(15)8-20-18-14(17(19)23)7-13(9-21-18)22(24)25/h5-7,9-10H,3-4,8H2,1-2H3,(H2,19,23)(H,20,21). The molecule has 3 rings (SSSR count). The zero-order chi connectivity index (χ0) is 19.6. The normalized spacial score (nSPS) is 15.0. The Morgan fingerprint density at radius 3 is 2.93 bits per heavy atom. The summed E-state index contributed by atoms with van der Waals surface area (Å²) >= 11 is 0. The van der Waals surface area contributed by atoms with Crippen molar-refractivity contribution in [2.45, 2.75) is 32.9 Å². The van der Waals surface area contributed by atoms with Crippen molar-refractivity contribution in [1.29, 1.82) is 0 Å². The van der Waals surface area contributed by atoms with Gasteiger partial charge in [0.15, 0.2) is 0 Å². The highest BCUT2D eigenvalue weighted by Gasteiger charge is 2.22. The molecular formula is C18H20N4O5. The largest absolute Gasteiger partial charge is 0.494 e. The van der Waals surface area contributed by atoms with Crippen LogP contribution in [0.25, 0.3) is 0 Å². The fraction of sp³-hybridized carbons (Fsp3) is 0.333. The molecule has 0 saturated heterocycles. The average molecular weight is 372 g/mol. The number of nitrogens with zero attached hydrogens (tertiary/aromatic N) is 2. The maximum absolute atomic E-state index is 11.6. The zero-order valence-corrected chi connectivity index (χ0v) is 15.0. The van der Waals surface area contributed by atoms with Gasteiger partial charge in [0.05, 0.1) is 17.1 Å². The highest BCUT2D eigenvalue weighted by atomic mass is 16.6. The highest BCUT2D eigenvalue weighted by molar-refractivity contribution is 5.98. The van der Waals surface area contributed by atoms with Gasteiger partial charge < -0.3 is 20.5 Å². The summed E-state index contributed by atoms with van der Waals surface area (Å²) in [5.41, 5.74) is 6.89. The smallest absolute Gasteiger partial charge is 0.288 e. The van der Waals surface area contributed by atoms with Gasteiger partial charge in [-0.3, -0.25) is 14.9 Å². The van der Waals surface area contributed by atoms with E-state index >= 15 is 0 Å². The van der Waals surface area contributed by atoms with Crippen LogP contribution in [0.2, 0.25) is 0 Å². The van der Waals surface area contributed by atoms with Crippen molar-refractivity contribution in [2.24, 2.45) is 5.73 Å². The van der Waals surface area contributed by atoms with Crippen LogP contribution in [-0.2, 0) is 13.0 Å². The summed E-state index contributed by atoms with van der Waals surface area (Å²) < 4.78 is 11.5. The quantitative estimate of drug-likeness (QED) is 0.564. The van der Waals surface area contributed by atoms with Gasteiger partial charge in [-0.25, -0.2) is 4.98 Å². The molecule has 0 spiro atoms. The van der Waals surface area contributed by atoms with Crippen LogP contribution in [0.5, 0.6) is 11.5 Å². The topological polar surface area (TPSA) is 130 Å². The lowest BCUT2D eigenvalue weighted by molar-refractivity contribution is -0.385. The minimum Gasteiger partial charge on any atom is -0.494 e. The van der Waals surface area contributed by atoms with E-state index in [1.165, 1.54) is 0 Å². The molecule has 1 unspecified atom stereocenters. The van der Waals surface area contributed by atoms with E-state index in [0.29, 0.717) is 12.4 Å². The molecule has 1 aliphatic rings. The van der Waals surface area contributed by atoms with Gasteiger partial charge in [-0.1, -0.05) is 0 Å². The molecule has 0 saturated carbocycles. The third-order valence-corrected chi connectivity index (χ3v) is 4.17. The van der Waals surface area contributed by atoms with Crippen LogP contribution in [0.4, 0.5) is 11.5 Å². The van der Waals surface area contributed by atoms with E-state index in [4.69, 9.17) is 15.2 Å². The second-order valence-corrected chi connectivity index (χ2v) is 6.20. The fourth-order valence-corrected chi connectivity index (χ4v) is 2.97. The van der Waals surface area contributed by atoms with Gasteiger partial charge in [0, 0.05) is 30.2 Å². The van der Waals surface area contributed by atoms with Crippen LogP contribution in [0.15, 0.2) is 24.4 Å². The number of carbonyl (C=O) groups is 1. The first-order chi connectivity index (χ1) is 12.9. The molecule has 2 heterocycles. The monoisotopic (exact) mass is 372 g/mol. The van der Waals surface area contributed by atoms with Crippen molar-refractivity contribution >= 4 is 17.4 Å². The van der Waals surface area contributed by atoms with Crippen molar-refractivity contribution < 1.29 is 19.2 Å². The van der Waals surface area contributed by atoms with Crippen molar-refractivity contribution in [1.82, 2.24) is 4.98 Å². The van der Waals surface area contributed by atoms with E-state index in [9.17, 15) is 14.9 Å². The number of hydrogen-bond acceptors (Lipinski definition) is 7. The van der Waals surface area contributed by atoms with Crippen molar-refractivity contribution in [3.63, 3.8) is 0 Å². The molecule has 3 N–H and O–H groups in total. The lowest BCUT2D eigenvalue weighted by Crippen LogP contribution is -2.16. The second kappa shape index (κ2) is 7.48. The van der Waals surface area contributed by atoms with Crippen LogP contribution in [-0.4, -0.2) is 28.5 Å². The third-order valence-electron chi connectivity index (χ3n) is 4.17. The first kappa shape index (κ1) is 18.4. The number of fused-ring (bicyclic) bond motifs is 1. The predicted octanol–water partition coefficient (Wildman–Crippen LogP) is 2.42. The van der Waals surface area contributed by atoms with E-state index in [1.807, 2.05) is 26.0 Å². The summed E-state index contributed by atoms with van der Waals surface area (Å²) in [4.78, 5) is 25.9. The number of primary amides is 1. The molecule has 1 amide bonds. The van der Waals surface area contributed by atoms with Gasteiger partial charge in [-0.05, 0) is 26.0 Å². The summed E-state index contributed by atoms with van der Waals surface area (Å²) in [7, 11) is 0. The zero-order valence-electron chi connectivity index (χ0n) is 15.0. The van der Waals surface area contributed by atoms with Crippen LogP contribution in [0.3, 0.4) is 0 Å². The molecule has 0 aliphatic carbocycles. The minimum atomic E-state index is -0.801. The molecule has 1 atom stereocenters. The van der Waals surface area contributed by atoms with Crippen LogP contribution < -0.4 is 20.5 Å². The van der Waals surface area contributed by atoms with Crippen molar-refractivity contribution in [3.8, 4) is 11.5 Å². The molecule has 9 nitrogen and oxygen atoms in total. The van der Waals surface area contributed by atoms with Crippen molar-refractivity contribution in [3.05, 3.63) is 51.2 Å². The third kappa shape index (κ3) is 3.91. The second-order valence-electron chi connectivity index (χ2n) is 6.20. The number of carbonyl (C=O) groups excluding carboxylic acids is 1. The molecule has 2 aromatic rings. The molecule has 1 aliphatic heterocycles. The van der Waals surface area contributed by atoms with Crippen LogP contribution in [0, 0.1) is 10.1 Å². The van der Waals surface area contributed by atoms with E-state index in [2.05, 4.69) is 10.3 Å². The van der Waals surface area contributed by atoms with E-state index in [-0.39, 0.29) is 29.7 Å². The molecule has 0 radical (unpaired) electrons. The van der Waals surface area contributed by atoms with E-state index < -0.39 is 10.8 Å². The lowest BCUT2D eigenvalue weighted by Gasteiger charge is -2.14. The van der Waals surface area contributed by atoms with Crippen molar-refractivity contribution in [2.75, 3.05) is 11.9 Å². The predicted molar refractivity (Wildman–Crippen MR) is 98.1 cm³/mol. The summed E-state index contributed by atoms with van der Waals surface area (Å²) in [6, 6.07) is 4.96.